The molecule has 1 unspecified atom stereocenters. The van der Waals surface area contributed by atoms with E-state index in [2.05, 4.69) is 16.7 Å². The number of phenols is 1. The molecule has 6 rings (SSSR count). The molecule has 13 heteroatoms. The molecule has 2 aliphatic rings. The summed E-state index contributed by atoms with van der Waals surface area (Å²) in [6.45, 7) is 6.39. The summed E-state index contributed by atoms with van der Waals surface area (Å²) in [6, 6.07) is 20.1. The van der Waals surface area contributed by atoms with E-state index >= 15 is 0 Å². The molecular weight excluding hydrogens is 620 g/mol. The van der Waals surface area contributed by atoms with Crippen LogP contribution in [0, 0.1) is 0 Å². The summed E-state index contributed by atoms with van der Waals surface area (Å²) in [5.74, 6) is 0.423. The maximum Gasteiger partial charge on any atom is 0.413 e. The van der Waals surface area contributed by atoms with E-state index in [1.807, 2.05) is 68.1 Å². The number of carbonyl (C=O) groups is 2. The Kier molecular flexibility index (Phi) is 7.91. The Morgan fingerprint density at radius 3 is 2.61 bits per heavy atom. The monoisotopic (exact) mass is 648 g/mol. The van der Waals surface area contributed by atoms with Crippen molar-refractivity contribution in [3.05, 3.63) is 95.4 Å². The predicted molar refractivity (Wildman–Crippen MR) is 173 cm³/mol. The first kappa shape index (κ1) is 29.8. The number of hydrogen-bond acceptors (Lipinski definition) is 7. The van der Waals surface area contributed by atoms with Crippen LogP contribution in [0.25, 0.3) is 5.69 Å². The number of benzene rings is 3. The zero-order valence-corrected chi connectivity index (χ0v) is 26.4. The lowest BCUT2D eigenvalue weighted by Crippen LogP contribution is -2.35. The van der Waals surface area contributed by atoms with Crippen LogP contribution in [-0.2, 0) is 12.0 Å². The highest BCUT2D eigenvalue weighted by Gasteiger charge is 2.39. The summed E-state index contributed by atoms with van der Waals surface area (Å²) >= 11 is 9.23. The highest BCUT2D eigenvalue weighted by molar-refractivity contribution is 8.00. The molecule has 2 aliphatic heterocycles. The van der Waals surface area contributed by atoms with Gasteiger partial charge in [-0.2, -0.15) is 5.10 Å². The van der Waals surface area contributed by atoms with Gasteiger partial charge in [0.25, 0.3) is 0 Å². The van der Waals surface area contributed by atoms with E-state index in [0.29, 0.717) is 11.5 Å². The molecule has 1 atom stereocenters. The first-order chi connectivity index (χ1) is 21.0. The maximum absolute atomic E-state index is 13.1. The molecule has 0 fully saturated rings. The van der Waals surface area contributed by atoms with Crippen LogP contribution in [0.5, 0.6) is 5.75 Å². The van der Waals surface area contributed by atoms with Gasteiger partial charge in [-0.25, -0.2) is 14.3 Å². The van der Waals surface area contributed by atoms with Crippen LogP contribution in [0.4, 0.5) is 21.1 Å². The van der Waals surface area contributed by atoms with E-state index in [0.717, 1.165) is 31.6 Å². The van der Waals surface area contributed by atoms with Gasteiger partial charge in [-0.3, -0.25) is 10.2 Å². The number of fused-ring (bicyclic) bond motifs is 3. The molecule has 0 radical (unpaired) electrons. The maximum atomic E-state index is 13.1. The summed E-state index contributed by atoms with van der Waals surface area (Å²) in [5.41, 5.74) is 2.67. The Balaban J connectivity index is 1.16. The summed E-state index contributed by atoms with van der Waals surface area (Å²) in [4.78, 5) is 31.0. The van der Waals surface area contributed by atoms with Gasteiger partial charge in [0.05, 0.1) is 22.1 Å². The number of halogens is 1. The molecular formula is C31H29ClN6O4S2. The lowest BCUT2D eigenvalue weighted by Gasteiger charge is -2.21. The number of nitrogens with one attached hydrogen (secondary N) is 2. The third-order valence-electron chi connectivity index (χ3n) is 7.06. The Morgan fingerprint density at radius 2 is 1.86 bits per heavy atom. The Bertz CT molecular complexity index is 1800. The average molecular weight is 649 g/mol. The summed E-state index contributed by atoms with van der Waals surface area (Å²) < 4.78 is 1.59. The lowest BCUT2D eigenvalue weighted by molar-refractivity contribution is 0.163. The van der Waals surface area contributed by atoms with Crippen molar-refractivity contribution in [3.63, 3.8) is 0 Å². The van der Waals surface area contributed by atoms with Crippen LogP contribution in [0.15, 0.2) is 93.8 Å². The van der Waals surface area contributed by atoms with Crippen LogP contribution >= 0.6 is 35.1 Å². The van der Waals surface area contributed by atoms with Crippen LogP contribution in [0.2, 0.25) is 5.02 Å². The van der Waals surface area contributed by atoms with Crippen molar-refractivity contribution in [2.45, 2.75) is 52.9 Å². The Labute approximate surface area is 267 Å². The van der Waals surface area contributed by atoms with Gasteiger partial charge in [-0.1, -0.05) is 74.1 Å². The van der Waals surface area contributed by atoms with E-state index in [9.17, 15) is 19.8 Å². The van der Waals surface area contributed by atoms with E-state index < -0.39 is 12.1 Å². The van der Waals surface area contributed by atoms with Crippen LogP contribution in [0.1, 0.15) is 32.0 Å². The van der Waals surface area contributed by atoms with Crippen molar-refractivity contribution < 1.29 is 19.8 Å². The minimum atomic E-state index is -0.988. The molecule has 3 aromatic carbocycles. The first-order valence-electron chi connectivity index (χ1n) is 13.7. The number of carbonyl (C=O) groups excluding carboxylic acids is 1. The van der Waals surface area contributed by atoms with E-state index in [4.69, 9.17) is 16.7 Å². The number of phenolic OH excluding ortho intramolecular Hbond substituents is 1. The molecule has 0 bridgehead atoms. The Hall–Kier alpha value is -4.26. The number of aromatic nitrogens is 2. The van der Waals surface area contributed by atoms with Gasteiger partial charge >= 0.3 is 12.1 Å². The molecule has 226 valence electrons. The third-order valence-corrected chi connectivity index (χ3v) is 9.74. The number of anilines is 2. The van der Waals surface area contributed by atoms with Gasteiger partial charge < -0.3 is 20.4 Å². The van der Waals surface area contributed by atoms with Gasteiger partial charge in [0.2, 0.25) is 0 Å². The lowest BCUT2D eigenvalue weighted by atomic mass is 9.92. The third kappa shape index (κ3) is 5.92. The molecule has 0 spiro atoms. The number of rotatable bonds is 6. The fraction of sp³-hybridized carbons (Fsp3) is 0.194. The minimum absolute atomic E-state index is 0.0388. The minimum Gasteiger partial charge on any atom is -0.506 e. The van der Waals surface area contributed by atoms with Crippen molar-refractivity contribution in [3.8, 4) is 11.4 Å². The molecule has 3 heterocycles. The van der Waals surface area contributed by atoms with Crippen molar-refractivity contribution in [1.82, 2.24) is 20.0 Å². The highest BCUT2D eigenvalue weighted by atomic mass is 35.5. The van der Waals surface area contributed by atoms with E-state index in [-0.39, 0.29) is 28.2 Å². The normalized spacial score (nSPS) is 15.3. The zero-order chi connectivity index (χ0) is 31.2. The molecule has 0 aliphatic carbocycles. The van der Waals surface area contributed by atoms with Gasteiger partial charge in [0.15, 0.2) is 5.50 Å². The first-order valence-corrected chi connectivity index (χ1v) is 15.7. The average Bonchev–Trinajstić information content (AvgIpc) is 3.68. The topological polar surface area (TPSA) is 123 Å². The molecule has 0 saturated carbocycles. The van der Waals surface area contributed by atoms with Crippen LogP contribution in [0.3, 0.4) is 0 Å². The smallest absolute Gasteiger partial charge is 0.413 e. The molecule has 44 heavy (non-hydrogen) atoms. The number of thioether (sulfide) groups is 1. The van der Waals surface area contributed by atoms with Crippen molar-refractivity contribution in [1.29, 1.82) is 0 Å². The Morgan fingerprint density at radius 1 is 1.07 bits per heavy atom. The second-order valence-corrected chi connectivity index (χ2v) is 13.8. The number of aromatic hydroxyl groups is 1. The predicted octanol–water partition coefficient (Wildman–Crippen LogP) is 7.66. The van der Waals surface area contributed by atoms with Crippen molar-refractivity contribution in [2.24, 2.45) is 0 Å². The molecule has 1 aromatic heterocycles. The molecule has 4 aromatic rings. The van der Waals surface area contributed by atoms with Crippen LogP contribution < -0.4 is 15.5 Å². The summed E-state index contributed by atoms with van der Waals surface area (Å²) in [6.07, 6.45) is 2.37. The SMILES string of the molecule is CC(C)(C)c1cc(NC(=O)NCc2ccccc2Sc2ccc3c(c2)N2C=CN(C(=O)O)C2S3)n(-c2ccc(O)c(Cl)c2)n1. The summed E-state index contributed by atoms with van der Waals surface area (Å²) in [7, 11) is 0. The van der Waals surface area contributed by atoms with E-state index in [1.54, 1.807) is 41.0 Å². The second-order valence-electron chi connectivity index (χ2n) is 11.2. The van der Waals surface area contributed by atoms with Crippen LogP contribution in [-0.4, -0.2) is 42.5 Å². The van der Waals surface area contributed by atoms with Gasteiger partial charge in [0, 0.05) is 45.1 Å². The quantitative estimate of drug-likeness (QED) is 0.168. The number of nitrogens with zero attached hydrogens (tertiary/aromatic N) is 4. The standard InChI is InChI=1S/C31H29ClN6O4S2/c1-31(2,3)26-16-27(38(35-26)19-8-10-23(39)21(32)14-19)34-28(40)33-17-18-6-4-5-7-24(18)43-20-9-11-25-22(15-20)36-12-13-37(30(41)42)29(36)44-25/h4-16,29,39H,17H2,1-3H3,(H,41,42)(H2,33,34,40). The van der Waals surface area contributed by atoms with Gasteiger partial charge in [-0.15, -0.1) is 0 Å². The molecule has 0 saturated heterocycles. The number of urea groups is 1. The number of carboxylic acid groups (broad SMARTS) is 1. The van der Waals surface area contributed by atoms with Gasteiger partial charge in [-0.05, 0) is 48.0 Å². The largest absolute Gasteiger partial charge is 0.506 e. The fourth-order valence-electron chi connectivity index (χ4n) is 4.75. The molecule has 3 amide bonds. The van der Waals surface area contributed by atoms with Crippen molar-refractivity contribution >= 4 is 58.8 Å². The summed E-state index contributed by atoms with van der Waals surface area (Å²) in [5, 5.41) is 30.1. The number of hydrogen-bond donors (Lipinski definition) is 4. The van der Waals surface area contributed by atoms with Gasteiger partial charge in [0.1, 0.15) is 11.6 Å². The van der Waals surface area contributed by atoms with E-state index in [1.165, 1.54) is 22.7 Å². The second kappa shape index (κ2) is 11.7. The number of amides is 3. The van der Waals surface area contributed by atoms with Crippen molar-refractivity contribution in [2.75, 3.05) is 10.2 Å². The highest BCUT2D eigenvalue weighted by Crippen LogP contribution is 2.49. The molecule has 10 nitrogen and oxygen atoms in total. The molecule has 4 N–H and O–H groups in total. The fourth-order valence-corrected chi connectivity index (χ4v) is 7.13. The zero-order valence-electron chi connectivity index (χ0n) is 24.0.